The summed E-state index contributed by atoms with van der Waals surface area (Å²) in [6.45, 7) is 2.29. The monoisotopic (exact) mass is 374 g/mol. The SMILES string of the molecule is Cc1ccc(C2=C(O)C(=O)N(Cc3ccncc3)C2c2ccc(F)cc2)cc1. The van der Waals surface area contributed by atoms with Gasteiger partial charge in [-0.25, -0.2) is 4.39 Å². The molecule has 1 atom stereocenters. The van der Waals surface area contributed by atoms with E-state index in [1.165, 1.54) is 12.1 Å². The molecule has 1 amide bonds. The molecule has 1 aliphatic rings. The minimum absolute atomic E-state index is 0.271. The molecule has 0 bridgehead atoms. The molecule has 0 fully saturated rings. The number of halogens is 1. The average Bonchev–Trinajstić information content (AvgIpc) is 2.95. The molecule has 28 heavy (non-hydrogen) atoms. The first kappa shape index (κ1) is 17.9. The number of aliphatic hydroxyl groups excluding tert-OH is 1. The number of aryl methyl sites for hydroxylation is 1. The second kappa shape index (κ2) is 7.27. The van der Waals surface area contributed by atoms with Gasteiger partial charge in [0.1, 0.15) is 5.82 Å². The highest BCUT2D eigenvalue weighted by Crippen LogP contribution is 2.43. The lowest BCUT2D eigenvalue weighted by Gasteiger charge is -2.27. The van der Waals surface area contributed by atoms with Gasteiger partial charge in [-0.1, -0.05) is 42.0 Å². The maximum atomic E-state index is 13.5. The molecule has 2 heterocycles. The predicted molar refractivity (Wildman–Crippen MR) is 105 cm³/mol. The molecular formula is C23H19FN2O2. The third kappa shape index (κ3) is 3.27. The van der Waals surface area contributed by atoms with Gasteiger partial charge < -0.3 is 10.0 Å². The Morgan fingerprint density at radius 3 is 2.29 bits per heavy atom. The summed E-state index contributed by atoms with van der Waals surface area (Å²) in [5, 5.41) is 10.7. The summed E-state index contributed by atoms with van der Waals surface area (Å²) < 4.78 is 13.5. The van der Waals surface area contributed by atoms with Crippen LogP contribution in [0.1, 0.15) is 28.3 Å². The predicted octanol–water partition coefficient (Wildman–Crippen LogP) is 4.58. The van der Waals surface area contributed by atoms with E-state index in [9.17, 15) is 14.3 Å². The maximum absolute atomic E-state index is 13.5. The highest BCUT2D eigenvalue weighted by Gasteiger charge is 2.40. The van der Waals surface area contributed by atoms with Crippen LogP contribution in [0.3, 0.4) is 0 Å². The molecule has 2 aromatic carbocycles. The van der Waals surface area contributed by atoms with Gasteiger partial charge in [0.05, 0.1) is 6.04 Å². The van der Waals surface area contributed by atoms with Crippen LogP contribution in [0.15, 0.2) is 78.8 Å². The Labute approximate surface area is 162 Å². The number of hydrogen-bond acceptors (Lipinski definition) is 3. The smallest absolute Gasteiger partial charge is 0.290 e. The topological polar surface area (TPSA) is 53.4 Å². The van der Waals surface area contributed by atoms with E-state index >= 15 is 0 Å². The zero-order valence-electron chi connectivity index (χ0n) is 15.3. The van der Waals surface area contributed by atoms with Gasteiger partial charge in [0.2, 0.25) is 0 Å². The lowest BCUT2D eigenvalue weighted by Crippen LogP contribution is -2.29. The molecule has 5 heteroatoms. The first-order valence-corrected chi connectivity index (χ1v) is 9.00. The van der Waals surface area contributed by atoms with E-state index in [4.69, 9.17) is 0 Å². The van der Waals surface area contributed by atoms with E-state index < -0.39 is 11.9 Å². The Balaban J connectivity index is 1.81. The molecule has 0 saturated carbocycles. The van der Waals surface area contributed by atoms with Gasteiger partial charge in [-0.3, -0.25) is 9.78 Å². The standard InChI is InChI=1S/C23H19FN2O2/c1-15-2-4-17(5-3-15)20-21(18-6-8-19(24)9-7-18)26(23(28)22(20)27)14-16-10-12-25-13-11-16/h2-13,21,27H,14H2,1H3. The maximum Gasteiger partial charge on any atom is 0.290 e. The van der Waals surface area contributed by atoms with E-state index in [0.29, 0.717) is 12.1 Å². The van der Waals surface area contributed by atoms with Gasteiger partial charge in [-0.05, 0) is 47.9 Å². The third-order valence-electron chi connectivity index (χ3n) is 4.95. The van der Waals surface area contributed by atoms with Gasteiger partial charge in [0, 0.05) is 24.5 Å². The van der Waals surface area contributed by atoms with Crippen LogP contribution in [-0.2, 0) is 11.3 Å². The molecule has 1 aliphatic heterocycles. The van der Waals surface area contributed by atoms with Crippen molar-refractivity contribution < 1.29 is 14.3 Å². The molecule has 0 spiro atoms. The number of rotatable bonds is 4. The molecule has 1 unspecified atom stereocenters. The van der Waals surface area contributed by atoms with E-state index in [1.807, 2.05) is 43.3 Å². The molecule has 1 aromatic heterocycles. The Kier molecular flexibility index (Phi) is 4.65. The summed E-state index contributed by atoms with van der Waals surface area (Å²) >= 11 is 0. The molecular weight excluding hydrogens is 355 g/mol. The van der Waals surface area contributed by atoms with Crippen molar-refractivity contribution in [1.82, 2.24) is 9.88 Å². The van der Waals surface area contributed by atoms with Crippen LogP contribution in [0.4, 0.5) is 4.39 Å². The number of amides is 1. The lowest BCUT2D eigenvalue weighted by atomic mass is 9.93. The number of aromatic nitrogens is 1. The number of nitrogens with zero attached hydrogens (tertiary/aromatic N) is 2. The summed E-state index contributed by atoms with van der Waals surface area (Å²) in [5.41, 5.74) is 4.02. The highest BCUT2D eigenvalue weighted by molar-refractivity contribution is 6.05. The van der Waals surface area contributed by atoms with Gasteiger partial charge in [-0.2, -0.15) is 0 Å². The number of carbonyl (C=O) groups is 1. The first-order valence-electron chi connectivity index (χ1n) is 9.00. The zero-order chi connectivity index (χ0) is 19.7. The molecule has 1 N–H and O–H groups in total. The van der Waals surface area contributed by atoms with Gasteiger partial charge in [0.15, 0.2) is 5.76 Å². The van der Waals surface area contributed by atoms with Crippen LogP contribution < -0.4 is 0 Å². The molecule has 0 radical (unpaired) electrons. The molecule has 3 aromatic rings. The third-order valence-corrected chi connectivity index (χ3v) is 4.95. The first-order chi connectivity index (χ1) is 13.5. The van der Waals surface area contributed by atoms with Crippen LogP contribution in [0, 0.1) is 12.7 Å². The normalized spacial score (nSPS) is 16.7. The Bertz CT molecular complexity index is 1030. The Hall–Kier alpha value is -3.47. The second-order valence-electron chi connectivity index (χ2n) is 6.87. The number of pyridine rings is 1. The van der Waals surface area contributed by atoms with Crippen LogP contribution in [0.5, 0.6) is 0 Å². The lowest BCUT2D eigenvalue weighted by molar-refractivity contribution is -0.130. The zero-order valence-corrected chi connectivity index (χ0v) is 15.3. The summed E-state index contributed by atoms with van der Waals surface area (Å²) in [6.07, 6.45) is 3.33. The fourth-order valence-electron chi connectivity index (χ4n) is 3.52. The minimum Gasteiger partial charge on any atom is -0.503 e. The molecule has 0 saturated heterocycles. The van der Waals surface area contributed by atoms with Crippen molar-refractivity contribution in [3.8, 4) is 0 Å². The van der Waals surface area contributed by atoms with E-state index in [1.54, 1.807) is 29.4 Å². The molecule has 0 aliphatic carbocycles. The number of benzene rings is 2. The van der Waals surface area contributed by atoms with Crippen LogP contribution in [-0.4, -0.2) is 20.9 Å². The molecule has 4 rings (SSSR count). The van der Waals surface area contributed by atoms with Crippen molar-refractivity contribution in [2.75, 3.05) is 0 Å². The van der Waals surface area contributed by atoms with Crippen LogP contribution in [0.2, 0.25) is 0 Å². The van der Waals surface area contributed by atoms with Gasteiger partial charge in [-0.15, -0.1) is 0 Å². The van der Waals surface area contributed by atoms with Crippen molar-refractivity contribution in [3.05, 3.63) is 107 Å². The van der Waals surface area contributed by atoms with Crippen LogP contribution >= 0.6 is 0 Å². The van der Waals surface area contributed by atoms with Gasteiger partial charge >= 0.3 is 0 Å². The number of hydrogen-bond donors (Lipinski definition) is 1. The van der Waals surface area contributed by atoms with Crippen molar-refractivity contribution in [1.29, 1.82) is 0 Å². The fraction of sp³-hybridized carbons (Fsp3) is 0.130. The summed E-state index contributed by atoms with van der Waals surface area (Å²) in [6, 6.07) is 16.8. The highest BCUT2D eigenvalue weighted by atomic mass is 19.1. The van der Waals surface area contributed by atoms with Crippen molar-refractivity contribution in [3.63, 3.8) is 0 Å². The summed E-state index contributed by atoms with van der Waals surface area (Å²) in [5.74, 6) is -1.06. The molecule has 4 nitrogen and oxygen atoms in total. The average molecular weight is 374 g/mol. The van der Waals surface area contributed by atoms with Gasteiger partial charge in [0.25, 0.3) is 5.91 Å². The van der Waals surface area contributed by atoms with Crippen molar-refractivity contribution in [2.24, 2.45) is 0 Å². The summed E-state index contributed by atoms with van der Waals surface area (Å²) in [7, 11) is 0. The Morgan fingerprint density at radius 1 is 1.00 bits per heavy atom. The van der Waals surface area contributed by atoms with E-state index in [-0.39, 0.29) is 11.6 Å². The number of carbonyl (C=O) groups excluding carboxylic acids is 1. The molecule has 140 valence electrons. The quantitative estimate of drug-likeness (QED) is 0.727. The van der Waals surface area contributed by atoms with Crippen molar-refractivity contribution in [2.45, 2.75) is 19.5 Å². The van der Waals surface area contributed by atoms with Crippen molar-refractivity contribution >= 4 is 11.5 Å². The van der Waals surface area contributed by atoms with E-state index in [2.05, 4.69) is 4.98 Å². The summed E-state index contributed by atoms with van der Waals surface area (Å²) in [4.78, 5) is 18.6. The van der Waals surface area contributed by atoms with E-state index in [0.717, 1.165) is 22.3 Å². The second-order valence-corrected chi connectivity index (χ2v) is 6.87. The Morgan fingerprint density at radius 2 is 1.64 bits per heavy atom. The van der Waals surface area contributed by atoms with Crippen LogP contribution in [0.25, 0.3) is 5.57 Å². The fourth-order valence-corrected chi connectivity index (χ4v) is 3.52. The minimum atomic E-state index is -0.510. The largest absolute Gasteiger partial charge is 0.503 e. The number of aliphatic hydroxyl groups is 1.